The summed E-state index contributed by atoms with van der Waals surface area (Å²) < 4.78 is 16.9. The smallest absolute Gasteiger partial charge is 0.269 e. The number of allylic oxidation sites excluding steroid dienone is 4. The Bertz CT molecular complexity index is 1110. The standard InChI is InChI=1S/C18H16ClFN6O/c1-2-25-9-23-16(10-3-4-12(20)11(19)7-10)17(25)13-5-6-15-22-8-14(18(21)27)26(15)24-13/h3-6,8-10H,2,7H2,1H3,(H2,21,27). The quantitative estimate of drug-likeness (QED) is 0.745. The lowest BCUT2D eigenvalue weighted by molar-refractivity contribution is 0.0993. The van der Waals surface area contributed by atoms with Crippen molar-refractivity contribution in [1.82, 2.24) is 24.1 Å². The Morgan fingerprint density at radius 3 is 2.93 bits per heavy atom. The summed E-state index contributed by atoms with van der Waals surface area (Å²) >= 11 is 6.01. The molecule has 138 valence electrons. The second kappa shape index (κ2) is 6.62. The van der Waals surface area contributed by atoms with Crippen LogP contribution in [0.4, 0.5) is 4.39 Å². The van der Waals surface area contributed by atoms with E-state index in [0.717, 1.165) is 11.4 Å². The maximum absolute atomic E-state index is 13.6. The summed E-state index contributed by atoms with van der Waals surface area (Å²) in [6.07, 6.45) is 6.55. The van der Waals surface area contributed by atoms with Crippen molar-refractivity contribution in [3.05, 3.63) is 59.1 Å². The van der Waals surface area contributed by atoms with Crippen LogP contribution in [-0.4, -0.2) is 30.1 Å². The first kappa shape index (κ1) is 17.4. The molecule has 3 aromatic rings. The van der Waals surface area contributed by atoms with E-state index in [1.165, 1.54) is 16.8 Å². The van der Waals surface area contributed by atoms with Crippen LogP contribution in [0.2, 0.25) is 0 Å². The molecule has 1 amide bonds. The number of halogens is 2. The van der Waals surface area contributed by atoms with Gasteiger partial charge in [-0.05, 0) is 31.6 Å². The number of aryl methyl sites for hydroxylation is 1. The highest BCUT2D eigenvalue weighted by Gasteiger charge is 2.25. The number of primary amides is 1. The van der Waals surface area contributed by atoms with Gasteiger partial charge < -0.3 is 10.3 Å². The predicted molar refractivity (Wildman–Crippen MR) is 98.9 cm³/mol. The number of carbonyl (C=O) groups excluding carboxylic acids is 1. The molecule has 9 heteroatoms. The van der Waals surface area contributed by atoms with Gasteiger partial charge in [-0.3, -0.25) is 4.79 Å². The zero-order valence-corrected chi connectivity index (χ0v) is 15.2. The Morgan fingerprint density at radius 1 is 1.41 bits per heavy atom. The van der Waals surface area contributed by atoms with Crippen molar-refractivity contribution < 1.29 is 9.18 Å². The normalized spacial score (nSPS) is 17.1. The Balaban J connectivity index is 1.85. The summed E-state index contributed by atoms with van der Waals surface area (Å²) in [5.41, 5.74) is 8.25. The predicted octanol–water partition coefficient (Wildman–Crippen LogP) is 3.18. The van der Waals surface area contributed by atoms with Gasteiger partial charge in [0.25, 0.3) is 5.91 Å². The highest BCUT2D eigenvalue weighted by molar-refractivity contribution is 6.30. The van der Waals surface area contributed by atoms with Gasteiger partial charge in [0.05, 0.1) is 28.9 Å². The molecule has 3 heterocycles. The molecule has 0 radical (unpaired) electrons. The summed E-state index contributed by atoms with van der Waals surface area (Å²) in [6.45, 7) is 2.66. The van der Waals surface area contributed by atoms with E-state index in [4.69, 9.17) is 17.3 Å². The number of aromatic nitrogens is 5. The molecular weight excluding hydrogens is 371 g/mol. The van der Waals surface area contributed by atoms with Crippen molar-refractivity contribution in [2.24, 2.45) is 5.73 Å². The number of nitrogens with zero attached hydrogens (tertiary/aromatic N) is 5. The van der Waals surface area contributed by atoms with Crippen LogP contribution in [0.1, 0.15) is 35.4 Å². The van der Waals surface area contributed by atoms with Crippen LogP contribution >= 0.6 is 11.6 Å². The number of fused-ring (bicyclic) bond motifs is 1. The summed E-state index contributed by atoms with van der Waals surface area (Å²) in [7, 11) is 0. The van der Waals surface area contributed by atoms with Crippen molar-refractivity contribution in [3.63, 3.8) is 0 Å². The van der Waals surface area contributed by atoms with E-state index >= 15 is 0 Å². The minimum Gasteiger partial charge on any atom is -0.364 e. The number of hydrogen-bond acceptors (Lipinski definition) is 4. The molecule has 0 fully saturated rings. The van der Waals surface area contributed by atoms with E-state index in [1.807, 2.05) is 17.6 Å². The second-order valence-corrected chi connectivity index (χ2v) is 6.64. The summed E-state index contributed by atoms with van der Waals surface area (Å²) in [5.74, 6) is -1.21. The molecule has 7 nitrogen and oxygen atoms in total. The average Bonchev–Trinajstić information content (AvgIpc) is 3.27. The van der Waals surface area contributed by atoms with Gasteiger partial charge in [0.15, 0.2) is 5.65 Å². The number of amides is 1. The van der Waals surface area contributed by atoms with Crippen LogP contribution in [0.3, 0.4) is 0 Å². The molecule has 1 aliphatic rings. The van der Waals surface area contributed by atoms with Crippen molar-refractivity contribution >= 4 is 23.2 Å². The van der Waals surface area contributed by atoms with Crippen LogP contribution in [0.5, 0.6) is 0 Å². The molecule has 1 unspecified atom stereocenters. The second-order valence-electron chi connectivity index (χ2n) is 6.18. The van der Waals surface area contributed by atoms with E-state index in [9.17, 15) is 9.18 Å². The fourth-order valence-electron chi connectivity index (χ4n) is 3.19. The van der Waals surface area contributed by atoms with Crippen molar-refractivity contribution in [2.75, 3.05) is 0 Å². The zero-order chi connectivity index (χ0) is 19.1. The molecule has 0 saturated heterocycles. The van der Waals surface area contributed by atoms with E-state index in [2.05, 4.69) is 15.1 Å². The Morgan fingerprint density at radius 2 is 2.22 bits per heavy atom. The zero-order valence-electron chi connectivity index (χ0n) is 14.4. The first-order valence-corrected chi connectivity index (χ1v) is 8.79. The van der Waals surface area contributed by atoms with Crippen LogP contribution in [0.15, 0.2) is 47.7 Å². The minimum absolute atomic E-state index is 0.171. The Hall–Kier alpha value is -3.00. The van der Waals surface area contributed by atoms with Gasteiger partial charge in [-0.2, -0.15) is 5.10 Å². The molecular formula is C18H16ClFN6O. The van der Waals surface area contributed by atoms with E-state index in [1.54, 1.807) is 18.5 Å². The summed E-state index contributed by atoms with van der Waals surface area (Å²) in [5, 5.41) is 4.72. The minimum atomic E-state index is -0.612. The molecule has 27 heavy (non-hydrogen) atoms. The molecule has 0 bridgehead atoms. The Labute approximate surface area is 159 Å². The van der Waals surface area contributed by atoms with Gasteiger partial charge in [0, 0.05) is 12.5 Å². The number of nitrogens with two attached hydrogens (primary N) is 1. The first-order valence-electron chi connectivity index (χ1n) is 8.42. The molecule has 0 saturated carbocycles. The van der Waals surface area contributed by atoms with Gasteiger partial charge in [0.1, 0.15) is 17.2 Å². The van der Waals surface area contributed by atoms with Gasteiger partial charge in [-0.25, -0.2) is 18.9 Å². The Kier molecular flexibility index (Phi) is 4.27. The summed E-state index contributed by atoms with van der Waals surface area (Å²) in [4.78, 5) is 20.3. The van der Waals surface area contributed by atoms with E-state index in [-0.39, 0.29) is 16.6 Å². The lowest BCUT2D eigenvalue weighted by Gasteiger charge is -2.17. The maximum atomic E-state index is 13.6. The van der Waals surface area contributed by atoms with Crippen molar-refractivity contribution in [1.29, 1.82) is 0 Å². The largest absolute Gasteiger partial charge is 0.364 e. The summed E-state index contributed by atoms with van der Waals surface area (Å²) in [6, 6.07) is 3.57. The molecule has 3 aromatic heterocycles. The number of carbonyl (C=O) groups is 1. The molecule has 4 rings (SSSR count). The van der Waals surface area contributed by atoms with Crippen LogP contribution in [0.25, 0.3) is 17.0 Å². The van der Waals surface area contributed by atoms with E-state index < -0.39 is 11.7 Å². The maximum Gasteiger partial charge on any atom is 0.269 e. The number of hydrogen-bond donors (Lipinski definition) is 1. The van der Waals surface area contributed by atoms with Gasteiger partial charge in [0.2, 0.25) is 0 Å². The SMILES string of the molecule is CCn1cnc(C2C=CC(F)=C(Cl)C2)c1-c1ccc2ncc(C(N)=O)n2n1. The third-order valence-electron chi connectivity index (χ3n) is 4.55. The molecule has 2 N–H and O–H groups in total. The monoisotopic (exact) mass is 386 g/mol. The topological polar surface area (TPSA) is 91.1 Å². The molecule has 0 spiro atoms. The lowest BCUT2D eigenvalue weighted by atomic mass is 9.94. The fourth-order valence-corrected chi connectivity index (χ4v) is 3.42. The van der Waals surface area contributed by atoms with Gasteiger partial charge >= 0.3 is 0 Å². The van der Waals surface area contributed by atoms with Crippen molar-refractivity contribution in [2.45, 2.75) is 25.8 Å². The van der Waals surface area contributed by atoms with Crippen LogP contribution in [0, 0.1) is 0 Å². The number of imidazole rings is 2. The third kappa shape index (κ3) is 2.91. The third-order valence-corrected chi connectivity index (χ3v) is 4.88. The molecule has 1 aliphatic carbocycles. The van der Waals surface area contributed by atoms with Crippen LogP contribution < -0.4 is 5.73 Å². The van der Waals surface area contributed by atoms with Gasteiger partial charge in [-0.1, -0.05) is 17.7 Å². The molecule has 0 aliphatic heterocycles. The average molecular weight is 387 g/mol. The molecule has 1 atom stereocenters. The van der Waals surface area contributed by atoms with E-state index in [0.29, 0.717) is 24.3 Å². The highest BCUT2D eigenvalue weighted by Crippen LogP contribution is 2.37. The fraction of sp³-hybridized carbons (Fsp3) is 0.222. The van der Waals surface area contributed by atoms with Gasteiger partial charge in [-0.15, -0.1) is 0 Å². The van der Waals surface area contributed by atoms with Crippen LogP contribution in [-0.2, 0) is 6.54 Å². The van der Waals surface area contributed by atoms with Crippen molar-refractivity contribution in [3.8, 4) is 11.4 Å². The first-order chi connectivity index (χ1) is 13.0. The number of rotatable bonds is 4. The molecule has 0 aromatic carbocycles. The lowest BCUT2D eigenvalue weighted by Crippen LogP contribution is -2.15. The highest BCUT2D eigenvalue weighted by atomic mass is 35.5.